The van der Waals surface area contributed by atoms with Crippen LogP contribution < -0.4 is 5.32 Å². The van der Waals surface area contributed by atoms with Gasteiger partial charge in [0.15, 0.2) is 0 Å². The van der Waals surface area contributed by atoms with Crippen LogP contribution in [0.5, 0.6) is 0 Å². The van der Waals surface area contributed by atoms with Gasteiger partial charge < -0.3 is 10.4 Å². The van der Waals surface area contributed by atoms with Crippen LogP contribution in [-0.4, -0.2) is 17.0 Å². The second-order valence-corrected chi connectivity index (χ2v) is 5.98. The van der Waals surface area contributed by atoms with Crippen LogP contribution in [0.4, 0.5) is 5.69 Å². The number of carboxylic acids is 1. The number of aryl methyl sites for hydroxylation is 1. The van der Waals surface area contributed by atoms with Crippen molar-refractivity contribution >= 4 is 33.5 Å². The minimum Gasteiger partial charge on any atom is -0.481 e. The highest BCUT2D eigenvalue weighted by Crippen LogP contribution is 2.44. The fourth-order valence-electron chi connectivity index (χ4n) is 2.25. The molecule has 1 aromatic rings. The Morgan fingerprint density at radius 3 is 2.58 bits per heavy atom. The van der Waals surface area contributed by atoms with Gasteiger partial charge in [-0.3, -0.25) is 9.59 Å². The second kappa shape index (κ2) is 5.33. The Labute approximate surface area is 120 Å². The second-order valence-electron chi connectivity index (χ2n) is 5.13. The molecule has 0 spiro atoms. The fourth-order valence-corrected chi connectivity index (χ4v) is 2.63. The first-order chi connectivity index (χ1) is 8.93. The minimum absolute atomic E-state index is 0.0494. The predicted molar refractivity (Wildman–Crippen MR) is 76.0 cm³/mol. The van der Waals surface area contributed by atoms with E-state index in [0.717, 1.165) is 16.5 Å². The van der Waals surface area contributed by atoms with E-state index >= 15 is 0 Å². The number of aliphatic carboxylic acids is 1. The summed E-state index contributed by atoms with van der Waals surface area (Å²) in [6, 6.07) is 5.53. The molecule has 1 fully saturated rings. The highest BCUT2D eigenvalue weighted by molar-refractivity contribution is 9.10. The van der Waals surface area contributed by atoms with Gasteiger partial charge in [0.2, 0.25) is 5.91 Å². The van der Waals surface area contributed by atoms with Gasteiger partial charge in [0, 0.05) is 16.6 Å². The van der Waals surface area contributed by atoms with Crippen LogP contribution in [0.1, 0.15) is 31.2 Å². The molecule has 0 unspecified atom stereocenters. The number of nitrogens with one attached hydrogen (secondary N) is 1. The van der Waals surface area contributed by atoms with E-state index in [0.29, 0.717) is 18.5 Å². The van der Waals surface area contributed by atoms with Gasteiger partial charge in [0.25, 0.3) is 0 Å². The van der Waals surface area contributed by atoms with Gasteiger partial charge >= 0.3 is 5.97 Å². The Hall–Kier alpha value is -1.36. The lowest BCUT2D eigenvalue weighted by molar-refractivity contribution is -0.157. The van der Waals surface area contributed by atoms with Gasteiger partial charge in [-0.1, -0.05) is 28.4 Å². The molecular weight excluding hydrogens is 310 g/mol. The SMILES string of the molecule is Cc1ccc(NC(=O)CC2(C(=O)O)CCC2)cc1Br. The Balaban J connectivity index is 2.01. The van der Waals surface area contributed by atoms with E-state index in [2.05, 4.69) is 21.2 Å². The average Bonchev–Trinajstić information content (AvgIpc) is 2.28. The number of hydrogen-bond donors (Lipinski definition) is 2. The summed E-state index contributed by atoms with van der Waals surface area (Å²) in [6.45, 7) is 1.96. The van der Waals surface area contributed by atoms with Gasteiger partial charge in [0.05, 0.1) is 5.41 Å². The van der Waals surface area contributed by atoms with Crippen molar-refractivity contribution in [1.82, 2.24) is 0 Å². The molecule has 1 aromatic carbocycles. The van der Waals surface area contributed by atoms with E-state index in [-0.39, 0.29) is 12.3 Å². The first-order valence-electron chi connectivity index (χ1n) is 6.22. The molecule has 2 rings (SSSR count). The zero-order valence-electron chi connectivity index (χ0n) is 10.7. The molecule has 19 heavy (non-hydrogen) atoms. The third kappa shape index (κ3) is 2.97. The van der Waals surface area contributed by atoms with Crippen LogP contribution in [0.15, 0.2) is 22.7 Å². The monoisotopic (exact) mass is 325 g/mol. The first-order valence-corrected chi connectivity index (χ1v) is 7.02. The van der Waals surface area contributed by atoms with Crippen molar-refractivity contribution in [3.05, 3.63) is 28.2 Å². The van der Waals surface area contributed by atoms with Crippen molar-refractivity contribution in [1.29, 1.82) is 0 Å². The molecule has 0 aromatic heterocycles. The summed E-state index contributed by atoms with van der Waals surface area (Å²) in [4.78, 5) is 23.1. The normalized spacial score (nSPS) is 16.5. The number of anilines is 1. The molecule has 2 N–H and O–H groups in total. The van der Waals surface area contributed by atoms with Crippen molar-refractivity contribution in [3.63, 3.8) is 0 Å². The number of carboxylic acid groups (broad SMARTS) is 1. The summed E-state index contributed by atoms with van der Waals surface area (Å²) in [5, 5.41) is 11.9. The van der Waals surface area contributed by atoms with Gasteiger partial charge in [-0.05, 0) is 37.5 Å². The molecule has 102 valence electrons. The molecule has 1 aliphatic rings. The third-order valence-corrected chi connectivity index (χ3v) is 4.57. The number of hydrogen-bond acceptors (Lipinski definition) is 2. The van der Waals surface area contributed by atoms with E-state index in [1.165, 1.54) is 0 Å². The summed E-state index contributed by atoms with van der Waals surface area (Å²) in [5.41, 5.74) is 0.924. The maximum absolute atomic E-state index is 11.9. The van der Waals surface area contributed by atoms with Gasteiger partial charge in [-0.15, -0.1) is 0 Å². The van der Waals surface area contributed by atoms with Crippen LogP contribution in [0.2, 0.25) is 0 Å². The Morgan fingerprint density at radius 2 is 2.11 bits per heavy atom. The minimum atomic E-state index is -0.862. The maximum atomic E-state index is 11.9. The number of amides is 1. The van der Waals surface area contributed by atoms with E-state index in [1.54, 1.807) is 0 Å². The predicted octanol–water partition coefficient (Wildman–Crippen LogP) is 3.34. The van der Waals surface area contributed by atoms with Gasteiger partial charge in [-0.2, -0.15) is 0 Å². The van der Waals surface area contributed by atoms with Crippen molar-refractivity contribution in [2.24, 2.45) is 5.41 Å². The number of carbonyl (C=O) groups is 2. The van der Waals surface area contributed by atoms with Crippen molar-refractivity contribution in [2.45, 2.75) is 32.6 Å². The van der Waals surface area contributed by atoms with E-state index in [9.17, 15) is 14.7 Å². The van der Waals surface area contributed by atoms with Crippen LogP contribution >= 0.6 is 15.9 Å². The molecule has 1 aliphatic carbocycles. The lowest BCUT2D eigenvalue weighted by atomic mass is 9.66. The molecule has 0 aliphatic heterocycles. The molecule has 1 saturated carbocycles. The fraction of sp³-hybridized carbons (Fsp3) is 0.429. The van der Waals surface area contributed by atoms with Crippen molar-refractivity contribution < 1.29 is 14.7 Å². The molecule has 0 saturated heterocycles. The molecule has 0 heterocycles. The largest absolute Gasteiger partial charge is 0.481 e. The third-order valence-electron chi connectivity index (χ3n) is 3.72. The quantitative estimate of drug-likeness (QED) is 0.892. The Kier molecular flexibility index (Phi) is 3.94. The van der Waals surface area contributed by atoms with Gasteiger partial charge in [-0.25, -0.2) is 0 Å². The lowest BCUT2D eigenvalue weighted by Gasteiger charge is -2.36. The Bertz CT molecular complexity index is 523. The zero-order valence-corrected chi connectivity index (χ0v) is 12.3. The summed E-state index contributed by atoms with van der Waals surface area (Å²) in [5.74, 6) is -1.10. The van der Waals surface area contributed by atoms with Crippen LogP contribution in [0.25, 0.3) is 0 Å². The first kappa shape index (κ1) is 14.1. The number of benzene rings is 1. The highest BCUT2D eigenvalue weighted by Gasteiger charge is 2.45. The average molecular weight is 326 g/mol. The molecule has 0 atom stereocenters. The van der Waals surface area contributed by atoms with Crippen LogP contribution in [0, 0.1) is 12.3 Å². The van der Waals surface area contributed by atoms with E-state index in [4.69, 9.17) is 0 Å². The number of carbonyl (C=O) groups excluding carboxylic acids is 1. The summed E-state index contributed by atoms with van der Waals surface area (Å²) in [7, 11) is 0. The summed E-state index contributed by atoms with van der Waals surface area (Å²) >= 11 is 3.40. The van der Waals surface area contributed by atoms with E-state index in [1.807, 2.05) is 25.1 Å². The number of rotatable bonds is 4. The van der Waals surface area contributed by atoms with E-state index < -0.39 is 11.4 Å². The number of halogens is 1. The van der Waals surface area contributed by atoms with Crippen LogP contribution in [-0.2, 0) is 9.59 Å². The highest BCUT2D eigenvalue weighted by atomic mass is 79.9. The lowest BCUT2D eigenvalue weighted by Crippen LogP contribution is -2.41. The summed E-state index contributed by atoms with van der Waals surface area (Å²) < 4.78 is 0.918. The Morgan fingerprint density at radius 1 is 1.42 bits per heavy atom. The molecular formula is C14H16BrNO3. The van der Waals surface area contributed by atoms with Gasteiger partial charge in [0.1, 0.15) is 0 Å². The van der Waals surface area contributed by atoms with Crippen molar-refractivity contribution in [2.75, 3.05) is 5.32 Å². The molecule has 4 nitrogen and oxygen atoms in total. The maximum Gasteiger partial charge on any atom is 0.310 e. The molecule has 0 bridgehead atoms. The standard InChI is InChI=1S/C14H16BrNO3/c1-9-3-4-10(7-11(9)15)16-12(17)8-14(13(18)19)5-2-6-14/h3-4,7H,2,5-6,8H2,1H3,(H,16,17)(H,18,19). The zero-order chi connectivity index (χ0) is 14.0. The smallest absolute Gasteiger partial charge is 0.310 e. The topological polar surface area (TPSA) is 66.4 Å². The molecule has 1 amide bonds. The van der Waals surface area contributed by atoms with Crippen LogP contribution in [0.3, 0.4) is 0 Å². The molecule has 5 heteroatoms. The molecule has 0 radical (unpaired) electrons. The summed E-state index contributed by atoms with van der Waals surface area (Å²) in [6.07, 6.45) is 2.12. The van der Waals surface area contributed by atoms with Crippen molar-refractivity contribution in [3.8, 4) is 0 Å².